The first-order valence-corrected chi connectivity index (χ1v) is 5.64. The molecule has 0 aliphatic carbocycles. The number of nitrogens with zero attached hydrogens (tertiary/aromatic N) is 1. The van der Waals surface area contributed by atoms with Crippen LogP contribution in [0.4, 0.5) is 4.39 Å². The fourth-order valence-electron chi connectivity index (χ4n) is 1.84. The molecule has 0 N–H and O–H groups in total. The number of likely N-dealkylation sites (tertiary alicyclic amines) is 1. The van der Waals surface area contributed by atoms with Gasteiger partial charge in [-0.3, -0.25) is 0 Å². The maximum atomic E-state index is 13.1. The molecular weight excluding hydrogens is 213 g/mol. The molecular formula is C12H14ClFN. The lowest BCUT2D eigenvalue weighted by molar-refractivity contribution is 0.368. The van der Waals surface area contributed by atoms with Gasteiger partial charge >= 0.3 is 0 Å². The Morgan fingerprint density at radius 3 is 2.73 bits per heavy atom. The van der Waals surface area contributed by atoms with Gasteiger partial charge in [-0.1, -0.05) is 17.7 Å². The van der Waals surface area contributed by atoms with Crippen molar-refractivity contribution in [3.8, 4) is 0 Å². The molecule has 0 spiro atoms. The van der Waals surface area contributed by atoms with Gasteiger partial charge in [0.05, 0.1) is 5.02 Å². The van der Waals surface area contributed by atoms with Crippen LogP contribution in [0.3, 0.4) is 0 Å². The average Bonchev–Trinajstić information content (AvgIpc) is 2.73. The van der Waals surface area contributed by atoms with Crippen molar-refractivity contribution in [2.24, 2.45) is 0 Å². The third kappa shape index (κ3) is 2.93. The monoisotopic (exact) mass is 226 g/mol. The Bertz CT molecular complexity index is 334. The molecule has 1 fully saturated rings. The Morgan fingerprint density at radius 1 is 1.33 bits per heavy atom. The van der Waals surface area contributed by atoms with Gasteiger partial charge < -0.3 is 4.90 Å². The quantitative estimate of drug-likeness (QED) is 0.766. The van der Waals surface area contributed by atoms with Crippen LogP contribution in [-0.4, -0.2) is 24.5 Å². The smallest absolute Gasteiger partial charge is 0.142 e. The summed E-state index contributed by atoms with van der Waals surface area (Å²) in [5.74, 6) is -0.341. The molecule has 1 saturated heterocycles. The summed E-state index contributed by atoms with van der Waals surface area (Å²) in [7, 11) is 0. The SMILES string of the molecule is Fc1cc([CH]CN2CCCC2)ccc1Cl. The molecule has 3 heteroatoms. The Kier molecular flexibility index (Phi) is 3.60. The predicted octanol–water partition coefficient (Wildman–Crippen LogP) is 3.13. The molecule has 0 amide bonds. The molecule has 15 heavy (non-hydrogen) atoms. The molecule has 81 valence electrons. The second-order valence-corrected chi connectivity index (χ2v) is 4.29. The summed E-state index contributed by atoms with van der Waals surface area (Å²) in [6.45, 7) is 3.22. The van der Waals surface area contributed by atoms with E-state index >= 15 is 0 Å². The van der Waals surface area contributed by atoms with Crippen LogP contribution >= 0.6 is 11.6 Å². The highest BCUT2D eigenvalue weighted by Crippen LogP contribution is 2.17. The molecule has 1 aromatic carbocycles. The van der Waals surface area contributed by atoms with E-state index in [1.165, 1.54) is 18.9 Å². The lowest BCUT2D eigenvalue weighted by atomic mass is 10.1. The lowest BCUT2D eigenvalue weighted by Crippen LogP contribution is -2.20. The second kappa shape index (κ2) is 4.95. The van der Waals surface area contributed by atoms with Crippen molar-refractivity contribution < 1.29 is 4.39 Å². The van der Waals surface area contributed by atoms with Gasteiger partial charge in [-0.2, -0.15) is 0 Å². The summed E-state index contributed by atoms with van der Waals surface area (Å²) >= 11 is 5.61. The highest BCUT2D eigenvalue weighted by molar-refractivity contribution is 6.30. The van der Waals surface area contributed by atoms with Gasteiger partial charge in [-0.15, -0.1) is 0 Å². The zero-order valence-electron chi connectivity index (χ0n) is 8.55. The van der Waals surface area contributed by atoms with Gasteiger partial charge in [-0.05, 0) is 43.6 Å². The van der Waals surface area contributed by atoms with E-state index in [4.69, 9.17) is 11.6 Å². The van der Waals surface area contributed by atoms with Crippen LogP contribution in [0.1, 0.15) is 18.4 Å². The van der Waals surface area contributed by atoms with Crippen molar-refractivity contribution in [1.29, 1.82) is 0 Å². The van der Waals surface area contributed by atoms with E-state index in [9.17, 15) is 4.39 Å². The van der Waals surface area contributed by atoms with Crippen molar-refractivity contribution in [3.05, 3.63) is 41.0 Å². The van der Waals surface area contributed by atoms with E-state index in [0.29, 0.717) is 0 Å². The Hall–Kier alpha value is -0.600. The van der Waals surface area contributed by atoms with Gasteiger partial charge in [0, 0.05) is 13.0 Å². The van der Waals surface area contributed by atoms with Gasteiger partial charge in [0.25, 0.3) is 0 Å². The first-order valence-electron chi connectivity index (χ1n) is 5.26. The highest BCUT2D eigenvalue weighted by Gasteiger charge is 2.11. The van der Waals surface area contributed by atoms with E-state index in [1.807, 2.05) is 12.5 Å². The lowest BCUT2D eigenvalue weighted by Gasteiger charge is -2.13. The predicted molar refractivity (Wildman–Crippen MR) is 60.5 cm³/mol. The maximum absolute atomic E-state index is 13.1. The fourth-order valence-corrected chi connectivity index (χ4v) is 1.96. The standard InChI is InChI=1S/C12H14ClFN/c13-11-4-3-10(9-12(11)14)5-8-15-6-1-2-7-15/h3-5,9H,1-2,6-8H2. The van der Waals surface area contributed by atoms with Crippen molar-refractivity contribution >= 4 is 11.6 Å². The zero-order valence-corrected chi connectivity index (χ0v) is 9.30. The van der Waals surface area contributed by atoms with Gasteiger partial charge in [0.1, 0.15) is 5.82 Å². The van der Waals surface area contributed by atoms with Gasteiger partial charge in [-0.25, -0.2) is 4.39 Å². The number of rotatable bonds is 3. The zero-order chi connectivity index (χ0) is 10.7. The largest absolute Gasteiger partial charge is 0.303 e. The first-order chi connectivity index (χ1) is 7.25. The van der Waals surface area contributed by atoms with Crippen LogP contribution in [0.2, 0.25) is 5.02 Å². The van der Waals surface area contributed by atoms with Crippen LogP contribution < -0.4 is 0 Å². The van der Waals surface area contributed by atoms with Crippen molar-refractivity contribution in [2.45, 2.75) is 12.8 Å². The number of halogens is 2. The van der Waals surface area contributed by atoms with E-state index < -0.39 is 0 Å². The molecule has 1 aromatic rings. The third-order valence-electron chi connectivity index (χ3n) is 2.73. The van der Waals surface area contributed by atoms with Crippen molar-refractivity contribution in [1.82, 2.24) is 4.90 Å². The van der Waals surface area contributed by atoms with E-state index in [0.717, 1.165) is 25.2 Å². The summed E-state index contributed by atoms with van der Waals surface area (Å²) in [6, 6.07) is 4.94. The van der Waals surface area contributed by atoms with E-state index in [-0.39, 0.29) is 10.8 Å². The van der Waals surface area contributed by atoms with Gasteiger partial charge in [0.15, 0.2) is 0 Å². The topological polar surface area (TPSA) is 3.24 Å². The van der Waals surface area contributed by atoms with Crippen LogP contribution in [0.5, 0.6) is 0 Å². The van der Waals surface area contributed by atoms with Crippen LogP contribution in [0.25, 0.3) is 0 Å². The van der Waals surface area contributed by atoms with E-state index in [2.05, 4.69) is 4.90 Å². The van der Waals surface area contributed by atoms with Crippen LogP contribution in [-0.2, 0) is 0 Å². The molecule has 0 saturated carbocycles. The minimum absolute atomic E-state index is 0.188. The molecule has 1 aliphatic heterocycles. The first kappa shape index (κ1) is 10.9. The number of hydrogen-bond donors (Lipinski definition) is 0. The second-order valence-electron chi connectivity index (χ2n) is 3.89. The molecule has 2 rings (SSSR count). The van der Waals surface area contributed by atoms with Crippen LogP contribution in [0.15, 0.2) is 18.2 Å². The summed E-state index contributed by atoms with van der Waals surface area (Å²) in [5, 5.41) is 0.188. The summed E-state index contributed by atoms with van der Waals surface area (Å²) in [4.78, 5) is 2.37. The van der Waals surface area contributed by atoms with E-state index in [1.54, 1.807) is 6.07 Å². The maximum Gasteiger partial charge on any atom is 0.142 e. The molecule has 0 unspecified atom stereocenters. The molecule has 1 nitrogen and oxygen atoms in total. The molecule has 0 bridgehead atoms. The summed E-state index contributed by atoms with van der Waals surface area (Å²) in [6.07, 6.45) is 4.61. The Labute approximate surface area is 94.8 Å². The number of benzene rings is 1. The normalized spacial score (nSPS) is 17.2. The molecule has 0 atom stereocenters. The highest BCUT2D eigenvalue weighted by atomic mass is 35.5. The van der Waals surface area contributed by atoms with Gasteiger partial charge in [0.2, 0.25) is 0 Å². The Balaban J connectivity index is 1.90. The fraction of sp³-hybridized carbons (Fsp3) is 0.417. The van der Waals surface area contributed by atoms with Crippen LogP contribution in [0, 0.1) is 12.2 Å². The summed E-state index contributed by atoms with van der Waals surface area (Å²) in [5.41, 5.74) is 0.906. The molecule has 1 aliphatic rings. The van der Waals surface area contributed by atoms with Crippen molar-refractivity contribution in [3.63, 3.8) is 0 Å². The molecule has 0 aromatic heterocycles. The average molecular weight is 227 g/mol. The minimum atomic E-state index is -0.341. The Morgan fingerprint density at radius 2 is 2.07 bits per heavy atom. The third-order valence-corrected chi connectivity index (χ3v) is 3.03. The molecule has 1 heterocycles. The van der Waals surface area contributed by atoms with Crippen molar-refractivity contribution in [2.75, 3.05) is 19.6 Å². The molecule has 1 radical (unpaired) electrons. The summed E-state index contributed by atoms with van der Waals surface area (Å²) < 4.78 is 13.1. The number of hydrogen-bond acceptors (Lipinski definition) is 1. The minimum Gasteiger partial charge on any atom is -0.303 e.